The first kappa shape index (κ1) is 20.0. The summed E-state index contributed by atoms with van der Waals surface area (Å²) < 4.78 is 10.3. The maximum absolute atomic E-state index is 6.23. The molecule has 1 aromatic carbocycles. The van der Waals surface area contributed by atoms with Gasteiger partial charge in [-0.15, -0.1) is 0 Å². The van der Waals surface area contributed by atoms with Gasteiger partial charge < -0.3 is 20.1 Å². The molecule has 0 saturated carbocycles. The fourth-order valence-electron chi connectivity index (χ4n) is 1.96. The standard InChI is InChI=1S/C16H25Cl2N3O2/c1-12(14-6-5-13(17)11-15(14)18)21-16(19-2)20-7-4-8-23-10-9-22-3/h5-6,11-12H,4,7-10H2,1-3H3,(H2,19,20,21). The summed E-state index contributed by atoms with van der Waals surface area (Å²) in [5.41, 5.74) is 0.974. The minimum Gasteiger partial charge on any atom is -0.382 e. The van der Waals surface area contributed by atoms with E-state index >= 15 is 0 Å². The summed E-state index contributed by atoms with van der Waals surface area (Å²) in [6, 6.07) is 5.50. The van der Waals surface area contributed by atoms with E-state index in [-0.39, 0.29) is 6.04 Å². The van der Waals surface area contributed by atoms with Crippen molar-refractivity contribution in [1.29, 1.82) is 0 Å². The highest BCUT2D eigenvalue weighted by atomic mass is 35.5. The van der Waals surface area contributed by atoms with Gasteiger partial charge in [0.25, 0.3) is 0 Å². The summed E-state index contributed by atoms with van der Waals surface area (Å²) in [6.07, 6.45) is 0.889. The van der Waals surface area contributed by atoms with Gasteiger partial charge in [0, 0.05) is 37.4 Å². The third-order valence-electron chi connectivity index (χ3n) is 3.20. The predicted octanol–water partition coefficient (Wildman–Crippen LogP) is 3.27. The number of hydrogen-bond donors (Lipinski definition) is 2. The first-order valence-corrected chi connectivity index (χ1v) is 8.33. The molecule has 0 aliphatic carbocycles. The van der Waals surface area contributed by atoms with E-state index < -0.39 is 0 Å². The van der Waals surface area contributed by atoms with Gasteiger partial charge in [0.2, 0.25) is 0 Å². The molecule has 0 bridgehead atoms. The van der Waals surface area contributed by atoms with Crippen LogP contribution in [0.2, 0.25) is 10.0 Å². The first-order chi connectivity index (χ1) is 11.1. The van der Waals surface area contributed by atoms with E-state index in [1.165, 1.54) is 0 Å². The number of methoxy groups -OCH3 is 1. The highest BCUT2D eigenvalue weighted by Gasteiger charge is 2.11. The lowest BCUT2D eigenvalue weighted by molar-refractivity contribution is 0.0698. The highest BCUT2D eigenvalue weighted by molar-refractivity contribution is 6.35. The molecule has 0 aliphatic heterocycles. The summed E-state index contributed by atoms with van der Waals surface area (Å²) in [4.78, 5) is 4.21. The van der Waals surface area contributed by atoms with Crippen molar-refractivity contribution in [3.05, 3.63) is 33.8 Å². The van der Waals surface area contributed by atoms with Crippen LogP contribution in [0.3, 0.4) is 0 Å². The number of guanidine groups is 1. The molecule has 0 fully saturated rings. The van der Waals surface area contributed by atoms with Crippen molar-refractivity contribution in [3.63, 3.8) is 0 Å². The van der Waals surface area contributed by atoms with Crippen LogP contribution in [0, 0.1) is 0 Å². The van der Waals surface area contributed by atoms with Crippen molar-refractivity contribution in [2.75, 3.05) is 40.5 Å². The Hall–Kier alpha value is -1.01. The smallest absolute Gasteiger partial charge is 0.191 e. The van der Waals surface area contributed by atoms with Crippen molar-refractivity contribution < 1.29 is 9.47 Å². The maximum Gasteiger partial charge on any atom is 0.191 e. The second-order valence-corrected chi connectivity index (χ2v) is 5.83. The van der Waals surface area contributed by atoms with Crippen LogP contribution in [0.5, 0.6) is 0 Å². The molecule has 2 N–H and O–H groups in total. The van der Waals surface area contributed by atoms with E-state index in [2.05, 4.69) is 15.6 Å². The van der Waals surface area contributed by atoms with Gasteiger partial charge >= 0.3 is 0 Å². The summed E-state index contributed by atoms with van der Waals surface area (Å²) in [7, 11) is 3.40. The lowest BCUT2D eigenvalue weighted by Gasteiger charge is -2.19. The van der Waals surface area contributed by atoms with Gasteiger partial charge in [0.1, 0.15) is 0 Å². The Labute approximate surface area is 148 Å². The lowest BCUT2D eigenvalue weighted by atomic mass is 10.1. The molecular weight excluding hydrogens is 337 g/mol. The molecule has 1 aromatic rings. The van der Waals surface area contributed by atoms with Crippen LogP contribution in [-0.4, -0.2) is 46.5 Å². The summed E-state index contributed by atoms with van der Waals surface area (Å²) in [5.74, 6) is 0.723. The minimum absolute atomic E-state index is 0.0175. The minimum atomic E-state index is 0.0175. The number of aliphatic imine (C=N–C) groups is 1. The van der Waals surface area contributed by atoms with E-state index in [0.29, 0.717) is 29.9 Å². The van der Waals surface area contributed by atoms with Crippen LogP contribution >= 0.6 is 23.2 Å². The Bertz CT molecular complexity index is 498. The third-order valence-corrected chi connectivity index (χ3v) is 3.76. The van der Waals surface area contributed by atoms with Gasteiger partial charge in [-0.05, 0) is 31.0 Å². The predicted molar refractivity (Wildman–Crippen MR) is 96.7 cm³/mol. The number of halogens is 2. The zero-order chi connectivity index (χ0) is 17.1. The Kier molecular flexibility index (Phi) is 10.0. The number of nitrogens with one attached hydrogen (secondary N) is 2. The number of hydrogen-bond acceptors (Lipinski definition) is 3. The zero-order valence-electron chi connectivity index (χ0n) is 13.9. The summed E-state index contributed by atoms with van der Waals surface area (Å²) >= 11 is 12.2. The fraction of sp³-hybridized carbons (Fsp3) is 0.562. The Morgan fingerprint density at radius 1 is 1.26 bits per heavy atom. The molecule has 130 valence electrons. The van der Waals surface area contributed by atoms with Gasteiger partial charge in [0.15, 0.2) is 5.96 Å². The lowest BCUT2D eigenvalue weighted by Crippen LogP contribution is -2.39. The molecule has 0 saturated heterocycles. The average Bonchev–Trinajstić information content (AvgIpc) is 2.52. The van der Waals surface area contributed by atoms with Crippen molar-refractivity contribution in [2.45, 2.75) is 19.4 Å². The molecule has 0 spiro atoms. The Morgan fingerprint density at radius 2 is 2.04 bits per heavy atom. The maximum atomic E-state index is 6.23. The van der Waals surface area contributed by atoms with Gasteiger partial charge in [-0.3, -0.25) is 4.99 Å². The van der Waals surface area contributed by atoms with Crippen LogP contribution in [0.25, 0.3) is 0 Å². The van der Waals surface area contributed by atoms with E-state index in [1.54, 1.807) is 20.2 Å². The van der Waals surface area contributed by atoms with Crippen LogP contribution in [0.4, 0.5) is 0 Å². The summed E-state index contributed by atoms with van der Waals surface area (Å²) in [5, 5.41) is 7.82. The molecule has 5 nitrogen and oxygen atoms in total. The van der Waals surface area contributed by atoms with E-state index in [1.807, 2.05) is 19.1 Å². The number of benzene rings is 1. The molecule has 0 aromatic heterocycles. The van der Waals surface area contributed by atoms with Crippen molar-refractivity contribution >= 4 is 29.2 Å². The van der Waals surface area contributed by atoms with Gasteiger partial charge in [-0.1, -0.05) is 29.3 Å². The first-order valence-electron chi connectivity index (χ1n) is 7.57. The molecule has 0 aliphatic rings. The van der Waals surface area contributed by atoms with Crippen LogP contribution in [0.1, 0.15) is 24.9 Å². The number of rotatable bonds is 9. The number of nitrogens with zero attached hydrogens (tertiary/aromatic N) is 1. The Morgan fingerprint density at radius 3 is 2.70 bits per heavy atom. The molecule has 1 unspecified atom stereocenters. The summed E-state index contributed by atoms with van der Waals surface area (Å²) in [6.45, 7) is 4.72. The van der Waals surface area contributed by atoms with Crippen molar-refractivity contribution in [3.8, 4) is 0 Å². The van der Waals surface area contributed by atoms with Crippen molar-refractivity contribution in [2.24, 2.45) is 4.99 Å². The number of ether oxygens (including phenoxy) is 2. The zero-order valence-corrected chi connectivity index (χ0v) is 15.4. The van der Waals surface area contributed by atoms with E-state index in [9.17, 15) is 0 Å². The van der Waals surface area contributed by atoms with Gasteiger partial charge in [-0.2, -0.15) is 0 Å². The fourth-order valence-corrected chi connectivity index (χ4v) is 2.53. The normalized spacial score (nSPS) is 13.0. The average molecular weight is 362 g/mol. The van der Waals surface area contributed by atoms with Crippen LogP contribution in [0.15, 0.2) is 23.2 Å². The van der Waals surface area contributed by atoms with E-state index in [0.717, 1.165) is 24.5 Å². The molecule has 0 radical (unpaired) electrons. The quantitative estimate of drug-likeness (QED) is 0.402. The Balaban J connectivity index is 2.35. The molecule has 7 heteroatoms. The van der Waals surface area contributed by atoms with Crippen LogP contribution < -0.4 is 10.6 Å². The second-order valence-electron chi connectivity index (χ2n) is 4.99. The molecule has 0 amide bonds. The molecule has 23 heavy (non-hydrogen) atoms. The van der Waals surface area contributed by atoms with Crippen molar-refractivity contribution in [1.82, 2.24) is 10.6 Å². The third kappa shape index (κ3) is 7.88. The largest absolute Gasteiger partial charge is 0.382 e. The van der Waals surface area contributed by atoms with E-state index in [4.69, 9.17) is 32.7 Å². The monoisotopic (exact) mass is 361 g/mol. The second kappa shape index (κ2) is 11.5. The molecular formula is C16H25Cl2N3O2. The van der Waals surface area contributed by atoms with Crippen LogP contribution in [-0.2, 0) is 9.47 Å². The van der Waals surface area contributed by atoms with Gasteiger partial charge in [-0.25, -0.2) is 0 Å². The highest BCUT2D eigenvalue weighted by Crippen LogP contribution is 2.25. The molecule has 1 atom stereocenters. The molecule has 0 heterocycles. The molecule has 1 rings (SSSR count). The topological polar surface area (TPSA) is 54.9 Å². The SMILES string of the molecule is CN=C(NCCCOCCOC)NC(C)c1ccc(Cl)cc1Cl. The van der Waals surface area contributed by atoms with Gasteiger partial charge in [0.05, 0.1) is 19.3 Å².